The Bertz CT molecular complexity index is 934. The van der Waals surface area contributed by atoms with Crippen LogP contribution in [0.15, 0.2) is 34.2 Å². The van der Waals surface area contributed by atoms with E-state index in [0.717, 1.165) is 27.3 Å². The molecule has 27 heavy (non-hydrogen) atoms. The van der Waals surface area contributed by atoms with Crippen LogP contribution in [0.2, 0.25) is 0 Å². The van der Waals surface area contributed by atoms with Crippen molar-refractivity contribution in [3.63, 3.8) is 0 Å². The third-order valence-corrected chi connectivity index (χ3v) is 5.24. The number of amides is 1. The van der Waals surface area contributed by atoms with E-state index in [-0.39, 0.29) is 12.5 Å². The molecule has 0 saturated carbocycles. The second kappa shape index (κ2) is 7.92. The monoisotopic (exact) mass is 385 g/mol. The Balaban J connectivity index is 1.65. The highest BCUT2D eigenvalue weighted by molar-refractivity contribution is 7.13. The molecule has 0 unspecified atom stereocenters. The molecule has 142 valence electrons. The van der Waals surface area contributed by atoms with E-state index in [9.17, 15) is 4.79 Å². The molecule has 0 bridgehead atoms. The summed E-state index contributed by atoms with van der Waals surface area (Å²) in [5.41, 5.74) is 3.29. The van der Waals surface area contributed by atoms with Gasteiger partial charge in [-0.1, -0.05) is 17.3 Å². The predicted octanol–water partition coefficient (Wildman–Crippen LogP) is 4.15. The van der Waals surface area contributed by atoms with E-state index < -0.39 is 6.10 Å². The summed E-state index contributed by atoms with van der Waals surface area (Å²) in [5, 5.41) is 5.92. The minimum atomic E-state index is -0.616. The number of hydrogen-bond donors (Lipinski definition) is 0. The lowest BCUT2D eigenvalue weighted by Gasteiger charge is -2.22. The average molecular weight is 385 g/mol. The number of likely N-dealkylation sites (N-methyl/N-ethyl adjacent to an activating group) is 1. The number of carbonyl (C=O) groups is 1. The zero-order valence-corrected chi connectivity index (χ0v) is 17.0. The number of benzene rings is 1. The molecule has 2 heterocycles. The summed E-state index contributed by atoms with van der Waals surface area (Å²) in [6, 6.07) is 7.91. The second-order valence-electron chi connectivity index (χ2n) is 6.65. The zero-order valence-electron chi connectivity index (χ0n) is 16.1. The maximum atomic E-state index is 12.7. The lowest BCUT2D eigenvalue weighted by Crippen LogP contribution is -2.37. The number of nitrogens with zero attached hydrogens (tertiary/aromatic N) is 3. The minimum absolute atomic E-state index is 0.149. The van der Waals surface area contributed by atoms with Crippen molar-refractivity contribution in [2.24, 2.45) is 0 Å². The molecule has 7 heteroatoms. The molecule has 1 amide bonds. The molecule has 6 nitrogen and oxygen atoms in total. The maximum Gasteiger partial charge on any atom is 0.263 e. The first-order valence-corrected chi connectivity index (χ1v) is 9.59. The van der Waals surface area contributed by atoms with Crippen molar-refractivity contribution in [3.05, 3.63) is 52.2 Å². The molecule has 0 fully saturated rings. The Morgan fingerprint density at radius 2 is 2.11 bits per heavy atom. The van der Waals surface area contributed by atoms with E-state index in [1.165, 1.54) is 16.2 Å². The van der Waals surface area contributed by atoms with Crippen LogP contribution in [0.25, 0.3) is 10.7 Å². The Morgan fingerprint density at radius 3 is 2.81 bits per heavy atom. The van der Waals surface area contributed by atoms with Crippen LogP contribution in [0.4, 0.5) is 0 Å². The molecule has 0 aliphatic heterocycles. The number of hydrogen-bond acceptors (Lipinski definition) is 6. The molecule has 0 saturated heterocycles. The van der Waals surface area contributed by atoms with Gasteiger partial charge in [-0.3, -0.25) is 4.79 Å². The van der Waals surface area contributed by atoms with E-state index in [1.807, 2.05) is 44.4 Å². The van der Waals surface area contributed by atoms with Crippen LogP contribution in [0.3, 0.4) is 0 Å². The van der Waals surface area contributed by atoms with E-state index in [4.69, 9.17) is 9.26 Å². The quantitative estimate of drug-likeness (QED) is 0.638. The van der Waals surface area contributed by atoms with Crippen molar-refractivity contribution in [3.8, 4) is 16.5 Å². The highest BCUT2D eigenvalue weighted by atomic mass is 32.1. The number of thiophene rings is 1. The lowest BCUT2D eigenvalue weighted by molar-refractivity contribution is -0.137. The highest BCUT2D eigenvalue weighted by Crippen LogP contribution is 2.25. The lowest BCUT2D eigenvalue weighted by atomic mass is 10.1. The molecular formula is C20H23N3O3S. The molecular weight excluding hydrogens is 362 g/mol. The van der Waals surface area contributed by atoms with Crippen LogP contribution in [0, 0.1) is 20.8 Å². The van der Waals surface area contributed by atoms with Crippen molar-refractivity contribution in [2.45, 2.75) is 40.3 Å². The van der Waals surface area contributed by atoms with Gasteiger partial charge in [0.25, 0.3) is 5.91 Å². The van der Waals surface area contributed by atoms with Crippen molar-refractivity contribution in [2.75, 3.05) is 7.05 Å². The van der Waals surface area contributed by atoms with Crippen LogP contribution in [0.5, 0.6) is 5.75 Å². The topological polar surface area (TPSA) is 68.5 Å². The fourth-order valence-electron chi connectivity index (χ4n) is 2.78. The summed E-state index contributed by atoms with van der Waals surface area (Å²) in [4.78, 5) is 19.5. The third kappa shape index (κ3) is 4.36. The van der Waals surface area contributed by atoms with Gasteiger partial charge in [0, 0.05) is 7.05 Å². The second-order valence-corrected chi connectivity index (χ2v) is 7.60. The Kier molecular flexibility index (Phi) is 5.60. The first-order valence-electron chi connectivity index (χ1n) is 8.71. The number of rotatable bonds is 6. The molecule has 3 rings (SSSR count). The summed E-state index contributed by atoms with van der Waals surface area (Å²) in [6.07, 6.45) is -0.616. The fourth-order valence-corrected chi connectivity index (χ4v) is 3.43. The number of ether oxygens (including phenoxy) is 1. The SMILES string of the molecule is Cc1cc(C)c(C)c(O[C@H](C)C(=O)N(C)Cc2nc(-c3cccs3)no2)c1. The first-order chi connectivity index (χ1) is 12.8. The van der Waals surface area contributed by atoms with E-state index in [1.54, 1.807) is 14.0 Å². The molecule has 3 aromatic rings. The number of aromatic nitrogens is 2. The average Bonchev–Trinajstić information content (AvgIpc) is 3.29. The van der Waals surface area contributed by atoms with E-state index >= 15 is 0 Å². The van der Waals surface area contributed by atoms with E-state index in [0.29, 0.717) is 11.7 Å². The molecule has 0 N–H and O–H groups in total. The highest BCUT2D eigenvalue weighted by Gasteiger charge is 2.22. The molecule has 0 aliphatic carbocycles. The summed E-state index contributed by atoms with van der Waals surface area (Å²) < 4.78 is 11.2. The minimum Gasteiger partial charge on any atom is -0.481 e. The van der Waals surface area contributed by atoms with Crippen LogP contribution < -0.4 is 4.74 Å². The Labute approximate surface area is 162 Å². The molecule has 0 spiro atoms. The van der Waals surface area contributed by atoms with Crippen molar-refractivity contribution in [1.82, 2.24) is 15.0 Å². The molecule has 1 atom stereocenters. The first kappa shape index (κ1) is 19.1. The number of aryl methyl sites for hydroxylation is 2. The van der Waals surface area contributed by atoms with Crippen LogP contribution in [-0.4, -0.2) is 34.1 Å². The van der Waals surface area contributed by atoms with Gasteiger partial charge in [0.2, 0.25) is 11.7 Å². The largest absolute Gasteiger partial charge is 0.481 e. The standard InChI is InChI=1S/C20H23N3O3S/c1-12-9-13(2)14(3)16(10-12)25-15(4)20(24)23(5)11-18-21-19(22-26-18)17-7-6-8-27-17/h6-10,15H,11H2,1-5H3/t15-/m1/s1. The van der Waals surface area contributed by atoms with Gasteiger partial charge in [-0.15, -0.1) is 11.3 Å². The van der Waals surface area contributed by atoms with Crippen molar-refractivity contribution in [1.29, 1.82) is 0 Å². The van der Waals surface area contributed by atoms with E-state index in [2.05, 4.69) is 16.2 Å². The predicted molar refractivity (Wildman–Crippen MR) is 105 cm³/mol. The van der Waals surface area contributed by atoms with Gasteiger partial charge in [-0.2, -0.15) is 4.98 Å². The maximum absolute atomic E-state index is 12.7. The van der Waals surface area contributed by atoms with Gasteiger partial charge in [0.1, 0.15) is 5.75 Å². The van der Waals surface area contributed by atoms with Gasteiger partial charge < -0.3 is 14.2 Å². The van der Waals surface area contributed by atoms with Gasteiger partial charge in [0.15, 0.2) is 6.10 Å². The van der Waals surface area contributed by atoms with Gasteiger partial charge in [0.05, 0.1) is 11.4 Å². The number of carbonyl (C=O) groups excluding carboxylic acids is 1. The summed E-state index contributed by atoms with van der Waals surface area (Å²) in [7, 11) is 1.70. The Hall–Kier alpha value is -2.67. The molecule has 0 aliphatic rings. The summed E-state index contributed by atoms with van der Waals surface area (Å²) >= 11 is 1.54. The molecule has 0 radical (unpaired) electrons. The zero-order chi connectivity index (χ0) is 19.6. The fraction of sp³-hybridized carbons (Fsp3) is 0.350. The smallest absolute Gasteiger partial charge is 0.263 e. The summed E-state index contributed by atoms with van der Waals surface area (Å²) in [5.74, 6) is 1.52. The Morgan fingerprint density at radius 1 is 1.33 bits per heavy atom. The molecule has 2 aromatic heterocycles. The summed E-state index contributed by atoms with van der Waals surface area (Å²) in [6.45, 7) is 8.03. The third-order valence-electron chi connectivity index (χ3n) is 4.37. The van der Waals surface area contributed by atoms with Gasteiger partial charge in [-0.25, -0.2) is 0 Å². The van der Waals surface area contributed by atoms with Crippen molar-refractivity contribution < 1.29 is 14.1 Å². The normalized spacial score (nSPS) is 12.0. The van der Waals surface area contributed by atoms with Crippen molar-refractivity contribution >= 4 is 17.2 Å². The van der Waals surface area contributed by atoms with Crippen LogP contribution >= 0.6 is 11.3 Å². The van der Waals surface area contributed by atoms with Gasteiger partial charge >= 0.3 is 0 Å². The molecule has 1 aromatic carbocycles. The van der Waals surface area contributed by atoms with Crippen LogP contribution in [-0.2, 0) is 11.3 Å². The van der Waals surface area contributed by atoms with Gasteiger partial charge in [-0.05, 0) is 61.9 Å². The van der Waals surface area contributed by atoms with Crippen LogP contribution in [0.1, 0.15) is 29.5 Å².